The lowest BCUT2D eigenvalue weighted by molar-refractivity contribution is -0.137. The molecule has 6 rings (SSSR count). The van der Waals surface area contributed by atoms with E-state index in [0.29, 0.717) is 24.5 Å². The number of rotatable bonds is 5. The van der Waals surface area contributed by atoms with E-state index in [4.69, 9.17) is 4.42 Å². The fourth-order valence-electron chi connectivity index (χ4n) is 4.42. The van der Waals surface area contributed by atoms with Gasteiger partial charge in [-0.2, -0.15) is 13.2 Å². The Balaban J connectivity index is 1.10. The van der Waals surface area contributed by atoms with Crippen LogP contribution in [-0.2, 0) is 25.7 Å². The summed E-state index contributed by atoms with van der Waals surface area (Å²) in [6.07, 6.45) is -1.86. The second kappa shape index (κ2) is 9.35. The Bertz CT molecular complexity index is 1580. The molecule has 3 aromatic heterocycles. The third-order valence-electron chi connectivity index (χ3n) is 6.31. The van der Waals surface area contributed by atoms with Crippen LogP contribution in [0.3, 0.4) is 0 Å². The molecule has 0 radical (unpaired) electrons. The molecule has 6 nitrogen and oxygen atoms in total. The van der Waals surface area contributed by atoms with E-state index in [1.165, 1.54) is 29.5 Å². The first-order valence-corrected chi connectivity index (χ1v) is 12.6. The summed E-state index contributed by atoms with van der Waals surface area (Å²) in [5.41, 5.74) is 4.94. The minimum Gasteiger partial charge on any atom is -0.453 e. The van der Waals surface area contributed by atoms with Gasteiger partial charge in [-0.1, -0.05) is 18.2 Å². The number of nitrogens with one attached hydrogen (secondary N) is 1. The first kappa shape index (κ1) is 23.7. The Morgan fingerprint density at radius 2 is 1.89 bits per heavy atom. The highest BCUT2D eigenvalue weighted by Gasteiger charge is 2.30. The second-order valence-electron chi connectivity index (χ2n) is 9.09. The highest BCUT2D eigenvalue weighted by atomic mass is 32.2. The van der Waals surface area contributed by atoms with Gasteiger partial charge in [0.05, 0.1) is 28.8 Å². The molecule has 37 heavy (non-hydrogen) atoms. The van der Waals surface area contributed by atoms with E-state index in [1.54, 1.807) is 6.20 Å². The van der Waals surface area contributed by atoms with Gasteiger partial charge in [0, 0.05) is 36.8 Å². The van der Waals surface area contributed by atoms with Crippen molar-refractivity contribution in [1.29, 1.82) is 0 Å². The number of aromatic amines is 1. The molecule has 1 N–H and O–H groups in total. The van der Waals surface area contributed by atoms with Crippen molar-refractivity contribution in [3.05, 3.63) is 88.9 Å². The summed E-state index contributed by atoms with van der Waals surface area (Å²) in [5.74, 6) is 1.30. The van der Waals surface area contributed by atoms with Crippen LogP contribution in [0.5, 0.6) is 0 Å². The topological polar surface area (TPSA) is 70.8 Å². The fourth-order valence-corrected chi connectivity index (χ4v) is 5.20. The molecule has 1 aliphatic rings. The molecule has 0 saturated heterocycles. The number of imidazole rings is 1. The van der Waals surface area contributed by atoms with Crippen molar-refractivity contribution < 1.29 is 17.6 Å². The van der Waals surface area contributed by atoms with E-state index in [1.807, 2.05) is 24.3 Å². The number of aryl methyl sites for hydroxylation is 1. The van der Waals surface area contributed by atoms with Gasteiger partial charge < -0.3 is 9.40 Å². The molecule has 5 aromatic rings. The second-order valence-corrected chi connectivity index (χ2v) is 10.1. The van der Waals surface area contributed by atoms with E-state index in [-0.39, 0.29) is 0 Å². The lowest BCUT2D eigenvalue weighted by Gasteiger charge is -2.27. The third kappa shape index (κ3) is 5.12. The third-order valence-corrected chi connectivity index (χ3v) is 7.12. The Morgan fingerprint density at radius 1 is 1.05 bits per heavy atom. The zero-order valence-electron chi connectivity index (χ0n) is 19.8. The average molecular weight is 522 g/mol. The number of halogens is 3. The van der Waals surface area contributed by atoms with Gasteiger partial charge in [-0.25, -0.2) is 15.0 Å². The maximum absolute atomic E-state index is 12.8. The van der Waals surface area contributed by atoms with Gasteiger partial charge in [0.1, 0.15) is 5.76 Å². The largest absolute Gasteiger partial charge is 0.453 e. The van der Waals surface area contributed by atoms with Crippen molar-refractivity contribution in [1.82, 2.24) is 24.8 Å². The van der Waals surface area contributed by atoms with Crippen molar-refractivity contribution >= 4 is 22.8 Å². The predicted octanol–water partition coefficient (Wildman–Crippen LogP) is 6.65. The molecule has 2 aromatic carbocycles. The molecule has 4 heterocycles. The monoisotopic (exact) mass is 521 g/mol. The molecule has 0 unspecified atom stereocenters. The highest BCUT2D eigenvalue weighted by Crippen LogP contribution is 2.32. The van der Waals surface area contributed by atoms with Crippen LogP contribution in [0.25, 0.3) is 22.4 Å². The van der Waals surface area contributed by atoms with Crippen molar-refractivity contribution in [2.24, 2.45) is 0 Å². The number of furan rings is 1. The standard InChI is InChI=1S/C27H22F3N5OS/c1-16-2-8-22-23(12-16)34-26(33-22)37-24-9-7-20(36-24)15-35-11-10-21-18(14-35)13-31-25(32-21)17-3-5-19(6-4-17)27(28,29)30/h2-9,12-13H,10-11,14-15H2,1H3,(H,33,34). The number of hydrogen-bond donors (Lipinski definition) is 1. The van der Waals surface area contributed by atoms with E-state index in [2.05, 4.69) is 37.8 Å². The van der Waals surface area contributed by atoms with Gasteiger partial charge in [-0.3, -0.25) is 4.90 Å². The van der Waals surface area contributed by atoms with Gasteiger partial charge >= 0.3 is 6.18 Å². The summed E-state index contributed by atoms with van der Waals surface area (Å²) in [4.78, 5) is 19.3. The van der Waals surface area contributed by atoms with Crippen LogP contribution in [0.4, 0.5) is 13.2 Å². The van der Waals surface area contributed by atoms with Crippen LogP contribution in [0, 0.1) is 6.92 Å². The highest BCUT2D eigenvalue weighted by molar-refractivity contribution is 7.99. The number of fused-ring (bicyclic) bond motifs is 2. The molecule has 0 amide bonds. The van der Waals surface area contributed by atoms with E-state index in [0.717, 1.165) is 63.4 Å². The average Bonchev–Trinajstić information content (AvgIpc) is 3.49. The first-order valence-electron chi connectivity index (χ1n) is 11.8. The normalized spacial score (nSPS) is 14.3. The maximum atomic E-state index is 12.8. The zero-order valence-corrected chi connectivity index (χ0v) is 20.7. The summed E-state index contributed by atoms with van der Waals surface area (Å²) in [7, 11) is 0. The van der Waals surface area contributed by atoms with Crippen LogP contribution >= 0.6 is 11.8 Å². The minimum atomic E-state index is -4.36. The smallest absolute Gasteiger partial charge is 0.416 e. The Hall–Kier alpha value is -3.63. The number of hydrogen-bond acceptors (Lipinski definition) is 6. The number of H-pyrrole nitrogens is 1. The summed E-state index contributed by atoms with van der Waals surface area (Å²) >= 11 is 1.46. The molecular weight excluding hydrogens is 499 g/mol. The zero-order chi connectivity index (χ0) is 25.6. The Morgan fingerprint density at radius 3 is 2.70 bits per heavy atom. The molecule has 10 heteroatoms. The van der Waals surface area contributed by atoms with Crippen LogP contribution in [-0.4, -0.2) is 31.4 Å². The fraction of sp³-hybridized carbons (Fsp3) is 0.222. The maximum Gasteiger partial charge on any atom is 0.416 e. The molecule has 0 bridgehead atoms. The van der Waals surface area contributed by atoms with E-state index in [9.17, 15) is 13.2 Å². The summed E-state index contributed by atoms with van der Waals surface area (Å²) in [6.45, 7) is 4.17. The molecule has 0 atom stereocenters. The van der Waals surface area contributed by atoms with Crippen molar-refractivity contribution in [2.75, 3.05) is 6.54 Å². The molecule has 0 aliphatic carbocycles. The lowest BCUT2D eigenvalue weighted by Crippen LogP contribution is -2.30. The molecular formula is C27H22F3N5OS. The summed E-state index contributed by atoms with van der Waals surface area (Å²) in [5, 5.41) is 1.56. The number of nitrogens with zero attached hydrogens (tertiary/aromatic N) is 4. The molecule has 188 valence electrons. The summed E-state index contributed by atoms with van der Waals surface area (Å²) in [6, 6.07) is 15.0. The van der Waals surface area contributed by atoms with Gasteiger partial charge in [0.25, 0.3) is 0 Å². The van der Waals surface area contributed by atoms with Crippen LogP contribution in [0.1, 0.15) is 28.1 Å². The van der Waals surface area contributed by atoms with Crippen LogP contribution in [0.2, 0.25) is 0 Å². The van der Waals surface area contributed by atoms with Gasteiger partial charge in [0.2, 0.25) is 0 Å². The van der Waals surface area contributed by atoms with Crippen molar-refractivity contribution in [2.45, 2.75) is 42.9 Å². The van der Waals surface area contributed by atoms with Gasteiger partial charge in [-0.05, 0) is 60.6 Å². The Labute approximate surface area is 215 Å². The number of aromatic nitrogens is 4. The van der Waals surface area contributed by atoms with Gasteiger partial charge in [0.15, 0.2) is 16.1 Å². The quantitative estimate of drug-likeness (QED) is 0.279. The molecule has 0 fully saturated rings. The SMILES string of the molecule is Cc1ccc2nc(Sc3ccc(CN4CCc5nc(-c6ccc(C(F)(F)F)cc6)ncc5C4)o3)[nH]c2c1. The first-order chi connectivity index (χ1) is 17.8. The van der Waals surface area contributed by atoms with Gasteiger partial charge in [-0.15, -0.1) is 0 Å². The Kier molecular flexibility index (Phi) is 6.00. The minimum absolute atomic E-state index is 0.439. The molecule has 0 spiro atoms. The van der Waals surface area contributed by atoms with Crippen LogP contribution in [0.15, 0.2) is 75.5 Å². The number of benzene rings is 2. The molecule has 0 saturated carbocycles. The van der Waals surface area contributed by atoms with E-state index >= 15 is 0 Å². The lowest BCUT2D eigenvalue weighted by atomic mass is 10.1. The van der Waals surface area contributed by atoms with Crippen molar-refractivity contribution in [3.63, 3.8) is 0 Å². The van der Waals surface area contributed by atoms with Crippen LogP contribution < -0.4 is 0 Å². The molecule has 1 aliphatic heterocycles. The van der Waals surface area contributed by atoms with Crippen molar-refractivity contribution in [3.8, 4) is 11.4 Å². The predicted molar refractivity (Wildman–Crippen MR) is 134 cm³/mol. The number of alkyl halides is 3. The van der Waals surface area contributed by atoms with E-state index < -0.39 is 11.7 Å². The summed E-state index contributed by atoms with van der Waals surface area (Å²) < 4.78 is 44.6.